The van der Waals surface area contributed by atoms with Gasteiger partial charge in [0.15, 0.2) is 0 Å². The topological polar surface area (TPSA) is 76.0 Å². The van der Waals surface area contributed by atoms with Crippen molar-refractivity contribution in [2.24, 2.45) is 5.41 Å². The molecule has 0 spiro atoms. The van der Waals surface area contributed by atoms with Gasteiger partial charge in [0.2, 0.25) is 10.0 Å². The first kappa shape index (κ1) is 17.1. The average molecular weight is 352 g/mol. The molecule has 1 fully saturated rings. The number of sulfonamides is 1. The van der Waals surface area contributed by atoms with Gasteiger partial charge in [-0.1, -0.05) is 19.1 Å². The van der Waals surface area contributed by atoms with Crippen LogP contribution in [0.15, 0.2) is 41.6 Å². The van der Waals surface area contributed by atoms with Crippen molar-refractivity contribution in [3.8, 4) is 5.69 Å². The molecule has 2 aromatic rings. The summed E-state index contributed by atoms with van der Waals surface area (Å²) in [5, 5.41) is 7.24. The Hall–Kier alpha value is -1.77. The van der Waals surface area contributed by atoms with E-state index in [1.807, 2.05) is 0 Å². The Morgan fingerprint density at radius 1 is 1.33 bits per heavy atom. The fourth-order valence-corrected chi connectivity index (χ4v) is 3.90. The quantitative estimate of drug-likeness (QED) is 0.858. The van der Waals surface area contributed by atoms with E-state index in [2.05, 4.69) is 22.1 Å². The highest BCUT2D eigenvalue weighted by Gasteiger charge is 2.29. The minimum absolute atomic E-state index is 0.0308. The van der Waals surface area contributed by atoms with Gasteiger partial charge in [-0.15, -0.1) is 0 Å². The molecule has 1 aliphatic rings. The zero-order valence-electron chi connectivity index (χ0n) is 13.5. The molecule has 0 amide bonds. The van der Waals surface area contributed by atoms with E-state index in [4.69, 9.17) is 0 Å². The summed E-state index contributed by atoms with van der Waals surface area (Å²) < 4.78 is 42.6. The van der Waals surface area contributed by atoms with Gasteiger partial charge in [-0.2, -0.15) is 5.10 Å². The summed E-state index contributed by atoms with van der Waals surface area (Å²) in [7, 11) is -3.67. The second kappa shape index (κ2) is 6.62. The van der Waals surface area contributed by atoms with Crippen LogP contribution in [0.4, 0.5) is 4.39 Å². The third kappa shape index (κ3) is 3.66. The smallest absolute Gasteiger partial charge is 0.243 e. The summed E-state index contributed by atoms with van der Waals surface area (Å²) in [6.07, 6.45) is 4.40. The number of piperidine rings is 1. The van der Waals surface area contributed by atoms with Gasteiger partial charge in [0, 0.05) is 6.54 Å². The highest BCUT2D eigenvalue weighted by molar-refractivity contribution is 7.89. The lowest BCUT2D eigenvalue weighted by Gasteiger charge is -2.33. The van der Waals surface area contributed by atoms with E-state index in [9.17, 15) is 12.8 Å². The van der Waals surface area contributed by atoms with Crippen LogP contribution in [0.5, 0.6) is 0 Å². The average Bonchev–Trinajstić information content (AvgIpc) is 3.05. The lowest BCUT2D eigenvalue weighted by molar-refractivity contribution is 0.232. The molecule has 1 aliphatic heterocycles. The Morgan fingerprint density at radius 2 is 2.04 bits per heavy atom. The van der Waals surface area contributed by atoms with E-state index < -0.39 is 15.8 Å². The molecule has 3 rings (SSSR count). The van der Waals surface area contributed by atoms with Crippen molar-refractivity contribution in [3.63, 3.8) is 0 Å². The van der Waals surface area contributed by atoms with E-state index >= 15 is 0 Å². The fourth-order valence-electron chi connectivity index (χ4n) is 2.77. The zero-order chi connectivity index (χ0) is 17.2. The molecule has 6 nitrogen and oxygen atoms in total. The molecule has 0 saturated carbocycles. The van der Waals surface area contributed by atoms with Gasteiger partial charge < -0.3 is 5.32 Å². The molecular weight excluding hydrogens is 331 g/mol. The highest BCUT2D eigenvalue weighted by atomic mass is 32.2. The molecule has 2 N–H and O–H groups in total. The van der Waals surface area contributed by atoms with Crippen molar-refractivity contribution < 1.29 is 12.8 Å². The Labute approximate surface area is 141 Å². The first-order valence-corrected chi connectivity index (χ1v) is 9.38. The van der Waals surface area contributed by atoms with Crippen LogP contribution in [0.25, 0.3) is 5.69 Å². The molecular formula is C16H21FN4O2S. The van der Waals surface area contributed by atoms with Crippen molar-refractivity contribution in [3.05, 3.63) is 42.5 Å². The molecule has 0 atom stereocenters. The molecule has 0 unspecified atom stereocenters. The van der Waals surface area contributed by atoms with Crippen molar-refractivity contribution in [2.75, 3.05) is 19.6 Å². The Bertz CT molecular complexity index is 813. The van der Waals surface area contributed by atoms with Crippen LogP contribution in [0.3, 0.4) is 0 Å². The third-order valence-corrected chi connectivity index (χ3v) is 5.82. The predicted molar refractivity (Wildman–Crippen MR) is 88.9 cm³/mol. The Kier molecular flexibility index (Phi) is 4.71. The number of hydrogen-bond acceptors (Lipinski definition) is 4. The summed E-state index contributed by atoms with van der Waals surface area (Å²) in [5.41, 5.74) is 0.157. The van der Waals surface area contributed by atoms with Crippen LogP contribution < -0.4 is 10.0 Å². The molecule has 0 bridgehead atoms. The minimum Gasteiger partial charge on any atom is -0.317 e. The number of halogens is 1. The molecule has 130 valence electrons. The van der Waals surface area contributed by atoms with E-state index in [1.165, 1.54) is 23.1 Å². The monoisotopic (exact) mass is 352 g/mol. The molecule has 1 aromatic carbocycles. The van der Waals surface area contributed by atoms with E-state index in [0.29, 0.717) is 6.54 Å². The maximum Gasteiger partial charge on any atom is 0.243 e. The standard InChI is InChI=1S/C16H21FN4O2S/c1-16(6-8-18-9-7-16)12-20-24(22,23)13-10-19-21(11-13)15-5-3-2-4-14(15)17/h2-5,10-11,18,20H,6-9,12H2,1H3. The molecule has 1 aromatic heterocycles. The summed E-state index contributed by atoms with van der Waals surface area (Å²) in [5.74, 6) is -0.459. The van der Waals surface area contributed by atoms with Crippen molar-refractivity contribution >= 4 is 10.0 Å². The van der Waals surface area contributed by atoms with Gasteiger partial charge in [-0.3, -0.25) is 0 Å². The van der Waals surface area contributed by atoms with Crippen LogP contribution >= 0.6 is 0 Å². The second-order valence-electron chi connectivity index (χ2n) is 6.46. The number of para-hydroxylation sites is 1. The molecule has 24 heavy (non-hydrogen) atoms. The number of benzene rings is 1. The van der Waals surface area contributed by atoms with Crippen LogP contribution in [0, 0.1) is 11.2 Å². The summed E-state index contributed by atoms with van der Waals surface area (Å²) in [6, 6.07) is 6.09. The van der Waals surface area contributed by atoms with E-state index in [0.717, 1.165) is 25.9 Å². The molecule has 0 radical (unpaired) electrons. The van der Waals surface area contributed by atoms with Gasteiger partial charge >= 0.3 is 0 Å². The van der Waals surface area contributed by atoms with Crippen molar-refractivity contribution in [1.29, 1.82) is 0 Å². The molecule has 8 heteroatoms. The van der Waals surface area contributed by atoms with Gasteiger partial charge in [-0.25, -0.2) is 22.2 Å². The number of rotatable bonds is 5. The minimum atomic E-state index is -3.67. The van der Waals surface area contributed by atoms with Gasteiger partial charge in [-0.05, 0) is 43.5 Å². The fraction of sp³-hybridized carbons (Fsp3) is 0.438. The second-order valence-corrected chi connectivity index (χ2v) is 8.22. The van der Waals surface area contributed by atoms with Gasteiger partial charge in [0.05, 0.1) is 12.4 Å². The SMILES string of the molecule is CC1(CNS(=O)(=O)c2cnn(-c3ccccc3F)c2)CCNCC1. The molecule has 2 heterocycles. The van der Waals surface area contributed by atoms with Crippen molar-refractivity contribution in [1.82, 2.24) is 19.8 Å². The van der Waals surface area contributed by atoms with Crippen LogP contribution in [-0.4, -0.2) is 37.8 Å². The largest absolute Gasteiger partial charge is 0.317 e. The Morgan fingerprint density at radius 3 is 2.75 bits per heavy atom. The summed E-state index contributed by atoms with van der Waals surface area (Å²) in [6.45, 7) is 4.24. The lowest BCUT2D eigenvalue weighted by Crippen LogP contribution is -2.42. The highest BCUT2D eigenvalue weighted by Crippen LogP contribution is 2.27. The number of aromatic nitrogens is 2. The number of nitrogens with one attached hydrogen (secondary N) is 2. The Balaban J connectivity index is 1.75. The van der Waals surface area contributed by atoms with E-state index in [1.54, 1.807) is 18.2 Å². The predicted octanol–water partition coefficient (Wildman–Crippen LogP) is 1.68. The maximum absolute atomic E-state index is 13.8. The first-order chi connectivity index (χ1) is 11.4. The summed E-state index contributed by atoms with van der Waals surface area (Å²) in [4.78, 5) is 0.0308. The maximum atomic E-state index is 13.8. The zero-order valence-corrected chi connectivity index (χ0v) is 14.3. The number of nitrogens with zero attached hydrogens (tertiary/aromatic N) is 2. The molecule has 1 saturated heterocycles. The lowest BCUT2D eigenvalue weighted by atomic mass is 9.81. The number of hydrogen-bond donors (Lipinski definition) is 2. The third-order valence-electron chi connectivity index (χ3n) is 4.47. The van der Waals surface area contributed by atoms with Crippen LogP contribution in [-0.2, 0) is 10.0 Å². The van der Waals surface area contributed by atoms with Gasteiger partial charge in [0.1, 0.15) is 16.4 Å². The van der Waals surface area contributed by atoms with Crippen LogP contribution in [0.2, 0.25) is 0 Å². The normalized spacial score (nSPS) is 17.8. The van der Waals surface area contributed by atoms with E-state index in [-0.39, 0.29) is 16.0 Å². The van der Waals surface area contributed by atoms with Crippen LogP contribution in [0.1, 0.15) is 19.8 Å². The van der Waals surface area contributed by atoms with Gasteiger partial charge in [0.25, 0.3) is 0 Å². The van der Waals surface area contributed by atoms with Crippen molar-refractivity contribution in [2.45, 2.75) is 24.7 Å². The molecule has 0 aliphatic carbocycles. The summed E-state index contributed by atoms with van der Waals surface area (Å²) >= 11 is 0. The first-order valence-electron chi connectivity index (χ1n) is 7.90.